The monoisotopic (exact) mass is 480 g/mol. The van der Waals surface area contributed by atoms with Crippen LogP contribution < -0.4 is 21.5 Å². The van der Waals surface area contributed by atoms with Crippen LogP contribution in [0.25, 0.3) is 0 Å². The Labute approximate surface area is 201 Å². The van der Waals surface area contributed by atoms with E-state index in [0.717, 1.165) is 5.56 Å². The number of aryl methyl sites for hydroxylation is 1. The number of carbonyl (C=O) groups is 3. The van der Waals surface area contributed by atoms with Crippen molar-refractivity contribution in [3.8, 4) is 0 Å². The average Bonchev–Trinajstić information content (AvgIpc) is 2.83. The molecule has 7 nitrogen and oxygen atoms in total. The van der Waals surface area contributed by atoms with Gasteiger partial charge in [-0.25, -0.2) is 0 Å². The summed E-state index contributed by atoms with van der Waals surface area (Å²) in [5, 5.41) is 5.83. The normalized spacial score (nSPS) is 10.1. The van der Waals surface area contributed by atoms with Crippen LogP contribution in [0.1, 0.15) is 32.7 Å². The van der Waals surface area contributed by atoms with E-state index in [1.807, 2.05) is 24.3 Å². The Balaban J connectivity index is 1.42. The summed E-state index contributed by atoms with van der Waals surface area (Å²) in [4.78, 5) is 36.5. The SMILES string of the molecule is O=C(CCc1ccccc1Cl)NC(=S)NNC(=O)c1ccc(NC(=O)c2ccccc2)cc1. The highest BCUT2D eigenvalue weighted by molar-refractivity contribution is 7.80. The molecular weight excluding hydrogens is 460 g/mol. The van der Waals surface area contributed by atoms with Gasteiger partial charge in [0.25, 0.3) is 11.8 Å². The smallest absolute Gasteiger partial charge is 0.269 e. The second-order valence-corrected chi connectivity index (χ2v) is 7.76. The number of hydrogen-bond acceptors (Lipinski definition) is 4. The van der Waals surface area contributed by atoms with Crippen LogP contribution in [0.2, 0.25) is 5.02 Å². The minimum absolute atomic E-state index is 0.0285. The summed E-state index contributed by atoms with van der Waals surface area (Å²) in [5.74, 6) is -1.01. The molecule has 3 rings (SSSR count). The molecule has 0 saturated carbocycles. The summed E-state index contributed by atoms with van der Waals surface area (Å²) < 4.78 is 0. The number of anilines is 1. The van der Waals surface area contributed by atoms with E-state index in [2.05, 4.69) is 21.5 Å². The molecule has 168 valence electrons. The molecule has 3 aromatic rings. The molecule has 0 aromatic heterocycles. The highest BCUT2D eigenvalue weighted by Gasteiger charge is 2.10. The lowest BCUT2D eigenvalue weighted by Gasteiger charge is -2.11. The van der Waals surface area contributed by atoms with Crippen molar-refractivity contribution < 1.29 is 14.4 Å². The van der Waals surface area contributed by atoms with Gasteiger partial charge in [0.1, 0.15) is 0 Å². The molecule has 0 aliphatic rings. The fraction of sp³-hybridized carbons (Fsp3) is 0.0833. The molecule has 0 fully saturated rings. The number of rotatable bonds is 6. The van der Waals surface area contributed by atoms with Gasteiger partial charge in [-0.3, -0.25) is 25.2 Å². The van der Waals surface area contributed by atoms with Gasteiger partial charge in [-0.1, -0.05) is 48.0 Å². The van der Waals surface area contributed by atoms with Crippen LogP contribution in [0.4, 0.5) is 5.69 Å². The van der Waals surface area contributed by atoms with E-state index in [1.54, 1.807) is 54.6 Å². The highest BCUT2D eigenvalue weighted by atomic mass is 35.5. The molecule has 9 heteroatoms. The largest absolute Gasteiger partial charge is 0.322 e. The van der Waals surface area contributed by atoms with Gasteiger partial charge >= 0.3 is 0 Å². The minimum Gasteiger partial charge on any atom is -0.322 e. The van der Waals surface area contributed by atoms with Crippen molar-refractivity contribution in [3.63, 3.8) is 0 Å². The number of thiocarbonyl (C=S) groups is 1. The van der Waals surface area contributed by atoms with E-state index in [4.69, 9.17) is 23.8 Å². The molecule has 0 spiro atoms. The molecule has 0 unspecified atom stereocenters. The third-order valence-corrected chi connectivity index (χ3v) is 5.14. The lowest BCUT2D eigenvalue weighted by molar-refractivity contribution is -0.119. The number of benzene rings is 3. The second kappa shape index (κ2) is 11.8. The Kier molecular flexibility index (Phi) is 8.51. The lowest BCUT2D eigenvalue weighted by atomic mass is 10.1. The Hall–Kier alpha value is -3.75. The molecule has 3 amide bonds. The third-order valence-electron chi connectivity index (χ3n) is 4.56. The molecule has 4 N–H and O–H groups in total. The summed E-state index contributed by atoms with van der Waals surface area (Å²) in [5.41, 5.74) is 7.20. The first-order valence-corrected chi connectivity index (χ1v) is 10.8. The Bertz CT molecular complexity index is 1150. The van der Waals surface area contributed by atoms with E-state index in [9.17, 15) is 14.4 Å². The minimum atomic E-state index is -0.455. The van der Waals surface area contributed by atoms with Gasteiger partial charge in [0.2, 0.25) is 5.91 Å². The van der Waals surface area contributed by atoms with Gasteiger partial charge in [-0.15, -0.1) is 0 Å². The molecule has 33 heavy (non-hydrogen) atoms. The van der Waals surface area contributed by atoms with Crippen molar-refractivity contribution >= 4 is 52.3 Å². The molecule has 0 bridgehead atoms. The zero-order chi connectivity index (χ0) is 23.6. The van der Waals surface area contributed by atoms with Crippen molar-refractivity contribution in [1.82, 2.24) is 16.2 Å². The van der Waals surface area contributed by atoms with Crippen LogP contribution in [-0.4, -0.2) is 22.8 Å². The Morgan fingerprint density at radius 3 is 2.09 bits per heavy atom. The maximum absolute atomic E-state index is 12.3. The third kappa shape index (κ3) is 7.41. The standard InChI is InChI=1S/C24H21ClN4O3S/c25-20-9-5-4-6-16(20)12-15-21(30)27-24(33)29-28-23(32)18-10-13-19(14-11-18)26-22(31)17-7-2-1-3-8-17/h1-11,13-14H,12,15H2,(H,26,31)(H,28,32)(H2,27,29,30,33). The predicted octanol–water partition coefficient (Wildman–Crippen LogP) is 3.86. The second-order valence-electron chi connectivity index (χ2n) is 6.95. The van der Waals surface area contributed by atoms with Crippen molar-refractivity contribution in [1.29, 1.82) is 0 Å². The number of hydrazine groups is 1. The van der Waals surface area contributed by atoms with Crippen molar-refractivity contribution in [2.45, 2.75) is 12.8 Å². The zero-order valence-electron chi connectivity index (χ0n) is 17.4. The average molecular weight is 481 g/mol. The molecule has 0 aliphatic heterocycles. The maximum Gasteiger partial charge on any atom is 0.269 e. The topological polar surface area (TPSA) is 99.3 Å². The molecule has 0 atom stereocenters. The quantitative estimate of drug-likeness (QED) is 0.317. The van der Waals surface area contributed by atoms with E-state index < -0.39 is 5.91 Å². The fourth-order valence-corrected chi connectivity index (χ4v) is 3.25. The van der Waals surface area contributed by atoms with Gasteiger partial charge in [0, 0.05) is 28.3 Å². The van der Waals surface area contributed by atoms with Gasteiger partial charge in [-0.05, 0) is 66.7 Å². The van der Waals surface area contributed by atoms with Gasteiger partial charge < -0.3 is 10.6 Å². The number of hydrogen-bond donors (Lipinski definition) is 4. The van der Waals surface area contributed by atoms with Crippen LogP contribution in [0.5, 0.6) is 0 Å². The van der Waals surface area contributed by atoms with E-state index >= 15 is 0 Å². The first kappa shape index (κ1) is 23.9. The lowest BCUT2D eigenvalue weighted by Crippen LogP contribution is -2.48. The van der Waals surface area contributed by atoms with Gasteiger partial charge in [0.05, 0.1) is 0 Å². The van der Waals surface area contributed by atoms with Crippen LogP contribution >= 0.6 is 23.8 Å². The molecule has 0 aliphatic carbocycles. The van der Waals surface area contributed by atoms with E-state index in [1.165, 1.54) is 0 Å². The predicted molar refractivity (Wildman–Crippen MR) is 132 cm³/mol. The molecule has 0 saturated heterocycles. The molecule has 0 heterocycles. The molecule has 0 radical (unpaired) electrons. The molecule has 3 aromatic carbocycles. The summed E-state index contributed by atoms with van der Waals surface area (Å²) >= 11 is 11.1. The maximum atomic E-state index is 12.3. The summed E-state index contributed by atoms with van der Waals surface area (Å²) in [7, 11) is 0. The van der Waals surface area contributed by atoms with Crippen LogP contribution in [-0.2, 0) is 11.2 Å². The fourth-order valence-electron chi connectivity index (χ4n) is 2.85. The van der Waals surface area contributed by atoms with Gasteiger partial charge in [-0.2, -0.15) is 0 Å². The first-order chi connectivity index (χ1) is 15.9. The number of nitrogens with one attached hydrogen (secondary N) is 4. The number of carbonyl (C=O) groups excluding carboxylic acids is 3. The highest BCUT2D eigenvalue weighted by Crippen LogP contribution is 2.16. The Morgan fingerprint density at radius 1 is 0.758 bits per heavy atom. The van der Waals surface area contributed by atoms with Crippen LogP contribution in [0, 0.1) is 0 Å². The van der Waals surface area contributed by atoms with Crippen molar-refractivity contribution in [2.24, 2.45) is 0 Å². The zero-order valence-corrected chi connectivity index (χ0v) is 19.0. The van der Waals surface area contributed by atoms with Crippen molar-refractivity contribution in [3.05, 3.63) is 101 Å². The van der Waals surface area contributed by atoms with Gasteiger partial charge in [0.15, 0.2) is 5.11 Å². The summed E-state index contributed by atoms with van der Waals surface area (Å²) in [6, 6.07) is 22.4. The first-order valence-electron chi connectivity index (χ1n) is 10.0. The number of halogens is 1. The number of amides is 3. The Morgan fingerprint density at radius 2 is 1.39 bits per heavy atom. The van der Waals surface area contributed by atoms with Crippen LogP contribution in [0.15, 0.2) is 78.9 Å². The van der Waals surface area contributed by atoms with E-state index in [0.29, 0.717) is 28.3 Å². The van der Waals surface area contributed by atoms with E-state index in [-0.39, 0.29) is 23.3 Å². The summed E-state index contributed by atoms with van der Waals surface area (Å²) in [6.07, 6.45) is 0.656. The molecular formula is C24H21ClN4O3S. The van der Waals surface area contributed by atoms with Crippen LogP contribution in [0.3, 0.4) is 0 Å². The summed E-state index contributed by atoms with van der Waals surface area (Å²) in [6.45, 7) is 0. The van der Waals surface area contributed by atoms with Crippen molar-refractivity contribution in [2.75, 3.05) is 5.32 Å².